The molecule has 1 aromatic carbocycles. The lowest BCUT2D eigenvalue weighted by Gasteiger charge is -2.17. The Morgan fingerprint density at radius 2 is 2.00 bits per heavy atom. The summed E-state index contributed by atoms with van der Waals surface area (Å²) in [5.41, 5.74) is 0.625. The molecule has 23 heavy (non-hydrogen) atoms. The second kappa shape index (κ2) is 7.64. The quantitative estimate of drug-likeness (QED) is 0.652. The van der Waals surface area contributed by atoms with Crippen LogP contribution in [0.1, 0.15) is 34.1 Å². The first-order chi connectivity index (χ1) is 10.9. The van der Waals surface area contributed by atoms with E-state index in [1.165, 1.54) is 11.8 Å². The molecule has 5 nitrogen and oxygen atoms in total. The number of nitrogens with zero attached hydrogens (tertiary/aromatic N) is 2. The van der Waals surface area contributed by atoms with Crippen LogP contribution in [0.2, 0.25) is 0 Å². The van der Waals surface area contributed by atoms with Crippen molar-refractivity contribution >= 4 is 28.6 Å². The van der Waals surface area contributed by atoms with Crippen molar-refractivity contribution in [3.05, 3.63) is 34.6 Å². The molecule has 124 valence electrons. The van der Waals surface area contributed by atoms with E-state index >= 15 is 0 Å². The van der Waals surface area contributed by atoms with Gasteiger partial charge in [0.05, 0.1) is 16.2 Å². The van der Waals surface area contributed by atoms with E-state index in [1.54, 1.807) is 10.6 Å². The first-order valence-electron chi connectivity index (χ1n) is 7.90. The number of aromatic nitrogens is 2. The van der Waals surface area contributed by atoms with E-state index in [0.717, 1.165) is 6.42 Å². The molecule has 2 aromatic rings. The highest BCUT2D eigenvalue weighted by Crippen LogP contribution is 2.23. The number of nitrogens with one attached hydrogen (secondary N) is 1. The van der Waals surface area contributed by atoms with Gasteiger partial charge in [0.15, 0.2) is 5.16 Å². The topological polar surface area (TPSA) is 64.0 Å². The van der Waals surface area contributed by atoms with Gasteiger partial charge in [0.25, 0.3) is 5.56 Å². The molecule has 0 aliphatic carbocycles. The van der Waals surface area contributed by atoms with E-state index in [4.69, 9.17) is 0 Å². The third-order valence-electron chi connectivity index (χ3n) is 3.36. The Kier molecular flexibility index (Phi) is 5.82. The fraction of sp³-hybridized carbons (Fsp3) is 0.471. The van der Waals surface area contributed by atoms with Crippen LogP contribution < -0.4 is 10.9 Å². The second-order valence-electron chi connectivity index (χ2n) is 5.79. The molecule has 1 atom stereocenters. The second-order valence-corrected chi connectivity index (χ2v) is 7.10. The Bertz CT molecular complexity index is 755. The van der Waals surface area contributed by atoms with E-state index < -0.39 is 0 Å². The van der Waals surface area contributed by atoms with Crippen LogP contribution in [0.25, 0.3) is 10.9 Å². The normalized spacial score (nSPS) is 12.6. The van der Waals surface area contributed by atoms with E-state index in [9.17, 15) is 9.59 Å². The highest BCUT2D eigenvalue weighted by molar-refractivity contribution is 8.00. The molecule has 0 radical (unpaired) electrons. The lowest BCUT2D eigenvalue weighted by Crippen LogP contribution is -2.36. The molecule has 1 heterocycles. The standard InChI is InChI=1S/C17H23N3O2S/c1-5-10-20-16(22)13-8-6-7-9-14(13)19-17(20)23-12(4)15(21)18-11(2)3/h6-9,11-12H,5,10H2,1-4H3,(H,18,21). The highest BCUT2D eigenvalue weighted by atomic mass is 32.2. The van der Waals surface area contributed by atoms with Gasteiger partial charge in [-0.1, -0.05) is 30.8 Å². The molecule has 1 aromatic heterocycles. The molecule has 6 heteroatoms. The van der Waals surface area contributed by atoms with Crippen LogP contribution in [-0.2, 0) is 11.3 Å². The number of fused-ring (bicyclic) bond motifs is 1. The van der Waals surface area contributed by atoms with E-state index in [-0.39, 0.29) is 22.8 Å². The molecule has 0 aliphatic rings. The highest BCUT2D eigenvalue weighted by Gasteiger charge is 2.19. The summed E-state index contributed by atoms with van der Waals surface area (Å²) in [5, 5.41) is 3.79. The summed E-state index contributed by atoms with van der Waals surface area (Å²) in [5.74, 6) is -0.0459. The number of thioether (sulfide) groups is 1. The maximum Gasteiger partial charge on any atom is 0.262 e. The number of hydrogen-bond acceptors (Lipinski definition) is 4. The first kappa shape index (κ1) is 17.5. The van der Waals surface area contributed by atoms with Crippen molar-refractivity contribution in [2.75, 3.05) is 0 Å². The minimum absolute atomic E-state index is 0.0450. The summed E-state index contributed by atoms with van der Waals surface area (Å²) >= 11 is 1.33. The summed E-state index contributed by atoms with van der Waals surface area (Å²) in [7, 11) is 0. The van der Waals surface area contributed by atoms with Gasteiger partial charge in [-0.05, 0) is 39.3 Å². The van der Waals surface area contributed by atoms with E-state index in [0.29, 0.717) is 22.6 Å². The Morgan fingerprint density at radius 3 is 2.65 bits per heavy atom. The van der Waals surface area contributed by atoms with Crippen molar-refractivity contribution < 1.29 is 4.79 Å². The van der Waals surface area contributed by atoms with Gasteiger partial charge < -0.3 is 5.32 Å². The third-order valence-corrected chi connectivity index (χ3v) is 4.45. The zero-order chi connectivity index (χ0) is 17.0. The molecule has 0 bridgehead atoms. The Morgan fingerprint density at radius 1 is 1.30 bits per heavy atom. The fourth-order valence-corrected chi connectivity index (χ4v) is 3.22. The van der Waals surface area contributed by atoms with Crippen LogP contribution in [0.15, 0.2) is 34.2 Å². The summed E-state index contributed by atoms with van der Waals surface area (Å²) in [6.45, 7) is 8.30. The summed E-state index contributed by atoms with van der Waals surface area (Å²) in [6.07, 6.45) is 0.833. The average Bonchev–Trinajstić information content (AvgIpc) is 2.50. The van der Waals surface area contributed by atoms with Gasteiger partial charge >= 0.3 is 0 Å². The van der Waals surface area contributed by atoms with Gasteiger partial charge in [-0.3, -0.25) is 14.2 Å². The van der Waals surface area contributed by atoms with E-state index in [1.807, 2.05) is 45.9 Å². The molecule has 1 amide bonds. The summed E-state index contributed by atoms with van der Waals surface area (Å²) in [4.78, 5) is 29.4. The molecule has 0 aliphatic heterocycles. The van der Waals surface area contributed by atoms with Crippen LogP contribution >= 0.6 is 11.8 Å². The zero-order valence-corrected chi connectivity index (χ0v) is 14.8. The van der Waals surface area contributed by atoms with Crippen LogP contribution in [0.3, 0.4) is 0 Å². The lowest BCUT2D eigenvalue weighted by atomic mass is 10.2. The zero-order valence-electron chi connectivity index (χ0n) is 14.0. The fourth-order valence-electron chi connectivity index (χ4n) is 2.27. The van der Waals surface area contributed by atoms with Crippen molar-refractivity contribution in [1.29, 1.82) is 0 Å². The number of hydrogen-bond donors (Lipinski definition) is 1. The van der Waals surface area contributed by atoms with Crippen LogP contribution in [0, 0.1) is 0 Å². The van der Waals surface area contributed by atoms with E-state index in [2.05, 4.69) is 10.3 Å². The van der Waals surface area contributed by atoms with Gasteiger partial charge in [-0.15, -0.1) is 0 Å². The van der Waals surface area contributed by atoms with Gasteiger partial charge in [0.2, 0.25) is 5.91 Å². The van der Waals surface area contributed by atoms with Gasteiger partial charge in [0.1, 0.15) is 0 Å². The third kappa shape index (κ3) is 4.13. The molecule has 0 saturated carbocycles. The molecule has 1 unspecified atom stereocenters. The molecule has 0 fully saturated rings. The van der Waals surface area contributed by atoms with Gasteiger partial charge in [-0.2, -0.15) is 0 Å². The first-order valence-corrected chi connectivity index (χ1v) is 8.78. The number of carbonyl (C=O) groups excluding carboxylic acids is 1. The lowest BCUT2D eigenvalue weighted by molar-refractivity contribution is -0.120. The maximum absolute atomic E-state index is 12.7. The molecular formula is C17H23N3O2S. The Labute approximate surface area is 140 Å². The molecule has 0 saturated heterocycles. The minimum Gasteiger partial charge on any atom is -0.353 e. The van der Waals surface area contributed by atoms with Gasteiger partial charge in [-0.25, -0.2) is 4.98 Å². The molecule has 0 spiro atoms. The minimum atomic E-state index is -0.312. The molecule has 1 N–H and O–H groups in total. The number of benzene rings is 1. The number of para-hydroxylation sites is 1. The van der Waals surface area contributed by atoms with Crippen LogP contribution in [0.5, 0.6) is 0 Å². The Balaban J connectivity index is 2.40. The number of carbonyl (C=O) groups is 1. The predicted molar refractivity (Wildman–Crippen MR) is 94.9 cm³/mol. The number of rotatable bonds is 6. The van der Waals surface area contributed by atoms with Crippen molar-refractivity contribution in [2.45, 2.75) is 57.1 Å². The average molecular weight is 333 g/mol. The largest absolute Gasteiger partial charge is 0.353 e. The Hall–Kier alpha value is -1.82. The van der Waals surface area contributed by atoms with Gasteiger partial charge in [0, 0.05) is 12.6 Å². The number of amides is 1. The molecular weight excluding hydrogens is 310 g/mol. The maximum atomic E-state index is 12.7. The summed E-state index contributed by atoms with van der Waals surface area (Å²) in [6, 6.07) is 7.42. The molecule has 2 rings (SSSR count). The van der Waals surface area contributed by atoms with Crippen LogP contribution in [0.4, 0.5) is 0 Å². The predicted octanol–water partition coefficient (Wildman–Crippen LogP) is 2.81. The SMILES string of the molecule is CCCn1c(SC(C)C(=O)NC(C)C)nc2ccccc2c1=O. The van der Waals surface area contributed by atoms with Crippen molar-refractivity contribution in [2.24, 2.45) is 0 Å². The smallest absolute Gasteiger partial charge is 0.262 e. The monoisotopic (exact) mass is 333 g/mol. The summed E-state index contributed by atoms with van der Waals surface area (Å²) < 4.78 is 1.67. The van der Waals surface area contributed by atoms with Crippen LogP contribution in [-0.4, -0.2) is 26.8 Å². The van der Waals surface area contributed by atoms with Crippen molar-refractivity contribution in [3.63, 3.8) is 0 Å². The van der Waals surface area contributed by atoms with Crippen molar-refractivity contribution in [1.82, 2.24) is 14.9 Å². The van der Waals surface area contributed by atoms with Crippen molar-refractivity contribution in [3.8, 4) is 0 Å².